The molecule has 12 heteroatoms. The van der Waals surface area contributed by atoms with E-state index in [0.29, 0.717) is 16.2 Å². The van der Waals surface area contributed by atoms with Crippen LogP contribution in [0.25, 0.3) is 32.0 Å². The Labute approximate surface area is 209 Å². The molecule has 0 spiro atoms. The van der Waals surface area contributed by atoms with Gasteiger partial charge in [0.1, 0.15) is 10.7 Å². The Morgan fingerprint density at radius 2 is 1.67 bits per heavy atom. The summed E-state index contributed by atoms with van der Waals surface area (Å²) >= 11 is 1.02. The highest BCUT2D eigenvalue weighted by Crippen LogP contribution is 2.41. The fourth-order valence-electron chi connectivity index (χ4n) is 3.83. The standard InChI is InChI=1S/C24H19F3N2O4S3/c1-2-35(30,31)21-11-17(16-7-5-15(6-8-16)14-3-4-14)13-28-22(21)23-29-19-12-18(9-10-20(19)34-23)36(32,33)24(25,26)27/h5-14H,2-4H2,1H3. The molecular weight excluding hydrogens is 533 g/mol. The van der Waals surface area contributed by atoms with Crippen molar-refractivity contribution in [3.8, 4) is 21.8 Å². The van der Waals surface area contributed by atoms with Crippen molar-refractivity contribution in [3.63, 3.8) is 0 Å². The summed E-state index contributed by atoms with van der Waals surface area (Å²) in [6.45, 7) is 1.50. The minimum Gasteiger partial charge on any atom is -0.252 e. The van der Waals surface area contributed by atoms with E-state index >= 15 is 0 Å². The van der Waals surface area contributed by atoms with E-state index < -0.39 is 30.1 Å². The second-order valence-electron chi connectivity index (χ2n) is 8.47. The van der Waals surface area contributed by atoms with Gasteiger partial charge in [-0.15, -0.1) is 11.3 Å². The number of rotatable bonds is 6. The molecule has 2 aromatic heterocycles. The van der Waals surface area contributed by atoms with Crippen molar-refractivity contribution in [2.45, 2.75) is 41.0 Å². The van der Waals surface area contributed by atoms with Gasteiger partial charge in [-0.1, -0.05) is 31.2 Å². The molecule has 0 bridgehead atoms. The first-order chi connectivity index (χ1) is 16.9. The molecule has 1 aliphatic rings. The number of hydrogen-bond donors (Lipinski definition) is 0. The maximum atomic E-state index is 13.0. The largest absolute Gasteiger partial charge is 0.501 e. The zero-order chi connectivity index (χ0) is 25.9. The normalized spacial score (nSPS) is 14.9. The van der Waals surface area contributed by atoms with Crippen LogP contribution in [0.2, 0.25) is 0 Å². The van der Waals surface area contributed by atoms with Gasteiger partial charge in [0.05, 0.1) is 25.8 Å². The zero-order valence-corrected chi connectivity index (χ0v) is 21.2. The van der Waals surface area contributed by atoms with Crippen molar-refractivity contribution in [2.24, 2.45) is 0 Å². The monoisotopic (exact) mass is 552 g/mol. The SMILES string of the molecule is CCS(=O)(=O)c1cc(-c2ccc(C3CC3)cc2)cnc1-c1nc2cc(S(=O)(=O)C(F)(F)F)ccc2s1. The molecule has 6 nitrogen and oxygen atoms in total. The highest BCUT2D eigenvalue weighted by molar-refractivity contribution is 7.92. The van der Waals surface area contributed by atoms with E-state index in [0.717, 1.165) is 29.0 Å². The van der Waals surface area contributed by atoms with Crippen LogP contribution in [0.15, 0.2) is 64.5 Å². The molecule has 2 aromatic carbocycles. The molecule has 5 rings (SSSR count). The lowest BCUT2D eigenvalue weighted by atomic mass is 10.0. The van der Waals surface area contributed by atoms with E-state index in [2.05, 4.69) is 9.97 Å². The molecule has 0 unspecified atom stereocenters. The first kappa shape index (κ1) is 24.8. The van der Waals surface area contributed by atoms with Crippen molar-refractivity contribution < 1.29 is 30.0 Å². The summed E-state index contributed by atoms with van der Waals surface area (Å²) < 4.78 is 88.8. The Morgan fingerprint density at radius 1 is 0.972 bits per heavy atom. The first-order valence-electron chi connectivity index (χ1n) is 11.0. The van der Waals surface area contributed by atoms with E-state index in [-0.39, 0.29) is 26.9 Å². The van der Waals surface area contributed by atoms with Crippen molar-refractivity contribution in [1.29, 1.82) is 0 Å². The van der Waals surface area contributed by atoms with Gasteiger partial charge in [-0.25, -0.2) is 21.8 Å². The summed E-state index contributed by atoms with van der Waals surface area (Å²) in [6.07, 6.45) is 3.86. The third-order valence-electron chi connectivity index (χ3n) is 6.04. The van der Waals surface area contributed by atoms with Crippen LogP contribution >= 0.6 is 11.3 Å². The van der Waals surface area contributed by atoms with Gasteiger partial charge in [-0.2, -0.15) is 13.2 Å². The number of alkyl halides is 3. The average molecular weight is 553 g/mol. The predicted molar refractivity (Wildman–Crippen MR) is 131 cm³/mol. The number of fused-ring (bicyclic) bond motifs is 1. The Bertz CT molecular complexity index is 1690. The third kappa shape index (κ3) is 4.41. The Hall–Kier alpha value is -2.83. The molecule has 0 radical (unpaired) electrons. The molecule has 4 aromatic rings. The lowest BCUT2D eigenvalue weighted by Crippen LogP contribution is -2.23. The smallest absolute Gasteiger partial charge is 0.252 e. The molecule has 2 heterocycles. The van der Waals surface area contributed by atoms with Gasteiger partial charge in [0.15, 0.2) is 9.84 Å². The molecule has 0 amide bonds. The third-order valence-corrected chi connectivity index (χ3v) is 10.3. The Balaban J connectivity index is 1.60. The highest BCUT2D eigenvalue weighted by Gasteiger charge is 2.47. The molecule has 36 heavy (non-hydrogen) atoms. The molecular formula is C24H19F3N2O4S3. The molecule has 0 aliphatic heterocycles. The van der Waals surface area contributed by atoms with Gasteiger partial charge in [0, 0.05) is 11.8 Å². The summed E-state index contributed by atoms with van der Waals surface area (Å²) in [5.41, 5.74) is -2.73. The van der Waals surface area contributed by atoms with E-state index in [9.17, 15) is 30.0 Å². The van der Waals surface area contributed by atoms with E-state index in [1.54, 1.807) is 0 Å². The quantitative estimate of drug-likeness (QED) is 0.292. The molecule has 0 saturated heterocycles. The molecule has 0 atom stereocenters. The van der Waals surface area contributed by atoms with Crippen molar-refractivity contribution in [2.75, 3.05) is 5.75 Å². The van der Waals surface area contributed by atoms with Crippen LogP contribution in [0.4, 0.5) is 13.2 Å². The summed E-state index contributed by atoms with van der Waals surface area (Å²) in [6, 6.07) is 12.3. The van der Waals surface area contributed by atoms with Crippen LogP contribution < -0.4 is 0 Å². The van der Waals surface area contributed by atoms with E-state index in [1.807, 2.05) is 24.3 Å². The fourth-order valence-corrected chi connectivity index (χ4v) is 6.69. The predicted octanol–water partition coefficient (Wildman–Crippen LogP) is 5.99. The van der Waals surface area contributed by atoms with E-state index in [4.69, 9.17) is 0 Å². The maximum Gasteiger partial charge on any atom is 0.501 e. The Morgan fingerprint density at radius 3 is 2.28 bits per heavy atom. The second-order valence-corrected chi connectivity index (χ2v) is 13.7. The number of nitrogens with zero attached hydrogens (tertiary/aromatic N) is 2. The van der Waals surface area contributed by atoms with Crippen LogP contribution in [0.5, 0.6) is 0 Å². The van der Waals surface area contributed by atoms with Gasteiger partial charge in [-0.3, -0.25) is 4.98 Å². The minimum absolute atomic E-state index is 0.00159. The minimum atomic E-state index is -5.55. The molecule has 0 N–H and O–H groups in total. The van der Waals surface area contributed by atoms with Crippen LogP contribution in [-0.4, -0.2) is 38.1 Å². The number of halogens is 3. The maximum absolute atomic E-state index is 13.0. The molecule has 1 aliphatic carbocycles. The van der Waals surface area contributed by atoms with Crippen LogP contribution in [-0.2, 0) is 19.7 Å². The first-order valence-corrected chi connectivity index (χ1v) is 14.9. The lowest BCUT2D eigenvalue weighted by molar-refractivity contribution is -0.0435. The van der Waals surface area contributed by atoms with E-state index in [1.165, 1.54) is 43.7 Å². The average Bonchev–Trinajstić information content (AvgIpc) is 3.61. The number of aromatic nitrogens is 2. The molecule has 1 saturated carbocycles. The van der Waals surface area contributed by atoms with Crippen molar-refractivity contribution in [3.05, 3.63) is 60.3 Å². The van der Waals surface area contributed by atoms with Crippen molar-refractivity contribution in [1.82, 2.24) is 9.97 Å². The van der Waals surface area contributed by atoms with Crippen LogP contribution in [0.3, 0.4) is 0 Å². The Kier molecular flexibility index (Phi) is 5.96. The van der Waals surface area contributed by atoms with Gasteiger partial charge < -0.3 is 0 Å². The van der Waals surface area contributed by atoms with Gasteiger partial charge in [-0.05, 0) is 54.2 Å². The summed E-state index contributed by atoms with van der Waals surface area (Å²) in [5.74, 6) is 0.395. The van der Waals surface area contributed by atoms with Crippen LogP contribution in [0, 0.1) is 0 Å². The fraction of sp³-hybridized carbons (Fsp3) is 0.250. The molecule has 1 fully saturated rings. The molecule has 188 valence electrons. The number of pyridine rings is 1. The highest BCUT2D eigenvalue weighted by atomic mass is 32.2. The summed E-state index contributed by atoms with van der Waals surface area (Å²) in [7, 11) is -9.29. The zero-order valence-electron chi connectivity index (χ0n) is 18.8. The summed E-state index contributed by atoms with van der Waals surface area (Å²) in [4.78, 5) is 7.66. The van der Waals surface area contributed by atoms with Crippen molar-refractivity contribution >= 4 is 41.2 Å². The summed E-state index contributed by atoms with van der Waals surface area (Å²) in [5, 5.41) is 0.161. The number of hydrogen-bond acceptors (Lipinski definition) is 7. The van der Waals surface area contributed by atoms with Crippen LogP contribution in [0.1, 0.15) is 31.2 Å². The lowest BCUT2D eigenvalue weighted by Gasteiger charge is -2.10. The number of benzene rings is 2. The van der Waals surface area contributed by atoms with Gasteiger partial charge >= 0.3 is 5.51 Å². The number of thiazole rings is 1. The van der Waals surface area contributed by atoms with Gasteiger partial charge in [0.25, 0.3) is 9.84 Å². The topological polar surface area (TPSA) is 94.1 Å². The second kappa shape index (κ2) is 8.63. The van der Waals surface area contributed by atoms with Gasteiger partial charge in [0.2, 0.25) is 0 Å². The number of sulfone groups is 2.